The van der Waals surface area contributed by atoms with Crippen LogP contribution in [0.25, 0.3) is 0 Å². The molecule has 0 rings (SSSR count). The molecule has 4 heteroatoms. The van der Waals surface area contributed by atoms with E-state index in [-0.39, 0.29) is 114 Å². The molecule has 0 saturated carbocycles. The van der Waals surface area contributed by atoms with Crippen molar-refractivity contribution in [3.63, 3.8) is 0 Å². The van der Waals surface area contributed by atoms with Crippen molar-refractivity contribution in [2.45, 2.75) is 0 Å². The molecule has 0 nitrogen and oxygen atoms in total. The summed E-state index contributed by atoms with van der Waals surface area (Å²) in [5.41, 5.74) is 0. The summed E-state index contributed by atoms with van der Waals surface area (Å²) in [5.74, 6) is 0. The molecule has 0 aliphatic carbocycles. The Hall–Kier alpha value is 3.53. The predicted octanol–water partition coefficient (Wildman–Crippen LogP) is -0.766. The van der Waals surface area contributed by atoms with Crippen LogP contribution in [-0.2, 0) is 27.0 Å². The maximum absolute atomic E-state index is 0. The van der Waals surface area contributed by atoms with Crippen LogP contribution in [0.15, 0.2) is 0 Å². The summed E-state index contributed by atoms with van der Waals surface area (Å²) < 4.78 is 0. The van der Waals surface area contributed by atoms with Gasteiger partial charge in [0.1, 0.15) is 0 Å². The molecular formula is BaCaS2. The minimum Gasteiger partial charge on any atom is -2.00 e. The van der Waals surface area contributed by atoms with Crippen LogP contribution in [0, 0.1) is 0 Å². The summed E-state index contributed by atoms with van der Waals surface area (Å²) in [6, 6.07) is 0. The molecule has 4 heavy (non-hydrogen) atoms. The fraction of sp³-hybridized carbons (Fsp3) is 0. The topological polar surface area (TPSA) is 0 Å². The zero-order chi connectivity index (χ0) is 0. The quantitative estimate of drug-likeness (QED) is 0.489. The van der Waals surface area contributed by atoms with Crippen LogP contribution in [0.2, 0.25) is 0 Å². The smallest absolute Gasteiger partial charge is 2.00 e. The summed E-state index contributed by atoms with van der Waals surface area (Å²) in [7, 11) is 0. The predicted molar refractivity (Wildman–Crippen MR) is 26.2 cm³/mol. The van der Waals surface area contributed by atoms with E-state index in [0.29, 0.717) is 0 Å². The number of hydrogen-bond donors (Lipinski definition) is 0. The van der Waals surface area contributed by atoms with Crippen LogP contribution in [0.3, 0.4) is 0 Å². The van der Waals surface area contributed by atoms with Gasteiger partial charge in [-0.3, -0.25) is 0 Å². The maximum atomic E-state index is 0. The Labute approximate surface area is 110 Å². The molecule has 0 aromatic heterocycles. The molecule has 0 radical (unpaired) electrons. The van der Waals surface area contributed by atoms with Gasteiger partial charge >= 0.3 is 86.6 Å². The summed E-state index contributed by atoms with van der Waals surface area (Å²) in [6.45, 7) is 0. The first-order valence-corrected chi connectivity index (χ1v) is 0. The standard InChI is InChI=1S/Ba.Ca.2S/q2*+2;2*-2. The van der Waals surface area contributed by atoms with E-state index in [4.69, 9.17) is 0 Å². The van der Waals surface area contributed by atoms with Gasteiger partial charge in [-0.2, -0.15) is 0 Å². The van der Waals surface area contributed by atoms with Crippen molar-refractivity contribution in [2.75, 3.05) is 0 Å². The van der Waals surface area contributed by atoms with Gasteiger partial charge in [-0.25, -0.2) is 0 Å². The Morgan fingerprint density at radius 3 is 0.750 bits per heavy atom. The Morgan fingerprint density at radius 2 is 0.750 bits per heavy atom. The van der Waals surface area contributed by atoms with E-state index in [1.54, 1.807) is 0 Å². The molecule has 0 amide bonds. The van der Waals surface area contributed by atoms with E-state index in [1.165, 1.54) is 0 Å². The first kappa shape index (κ1) is 25.8. The normalized spacial score (nSPS) is 0. The van der Waals surface area contributed by atoms with Gasteiger partial charge in [0, 0.05) is 0 Å². The molecule has 0 spiro atoms. The van der Waals surface area contributed by atoms with E-state index in [1.807, 2.05) is 0 Å². The second-order valence-corrected chi connectivity index (χ2v) is 0. The van der Waals surface area contributed by atoms with Crippen molar-refractivity contribution in [1.82, 2.24) is 0 Å². The summed E-state index contributed by atoms with van der Waals surface area (Å²) in [6.07, 6.45) is 0. The molecule has 16 valence electrons. The van der Waals surface area contributed by atoms with Gasteiger partial charge in [0.2, 0.25) is 0 Å². The minimum absolute atomic E-state index is 0. The van der Waals surface area contributed by atoms with Crippen molar-refractivity contribution >= 4 is 114 Å². The Bertz CT molecular complexity index is 6.00. The third kappa shape index (κ3) is 9.11. The third-order valence-electron chi connectivity index (χ3n) is 0. The van der Waals surface area contributed by atoms with Crippen LogP contribution in [0.4, 0.5) is 0 Å². The molecule has 0 heterocycles. The Balaban J connectivity index is 0. The van der Waals surface area contributed by atoms with Crippen LogP contribution < -0.4 is 0 Å². The summed E-state index contributed by atoms with van der Waals surface area (Å²) >= 11 is 0. The van der Waals surface area contributed by atoms with Crippen molar-refractivity contribution in [2.24, 2.45) is 0 Å². The maximum Gasteiger partial charge on any atom is 2.00 e. The van der Waals surface area contributed by atoms with Gasteiger partial charge in [0.25, 0.3) is 0 Å². The second kappa shape index (κ2) is 16.0. The van der Waals surface area contributed by atoms with Crippen LogP contribution in [0.1, 0.15) is 0 Å². The molecule has 0 atom stereocenters. The SMILES string of the molecule is [Ba+2].[Ca+2].[S-2].[S-2]. The molecular weight excluding hydrogens is 242 g/mol. The largest absolute Gasteiger partial charge is 2.00 e. The molecule has 0 saturated heterocycles. The van der Waals surface area contributed by atoms with E-state index in [0.717, 1.165) is 0 Å². The number of hydrogen-bond acceptors (Lipinski definition) is 0. The molecule has 0 aliphatic heterocycles. The molecule has 0 aromatic rings. The van der Waals surface area contributed by atoms with Crippen LogP contribution in [0.5, 0.6) is 0 Å². The van der Waals surface area contributed by atoms with Gasteiger partial charge in [-0.1, -0.05) is 0 Å². The minimum atomic E-state index is 0. The molecule has 0 aromatic carbocycles. The van der Waals surface area contributed by atoms with Gasteiger partial charge in [-0.05, 0) is 0 Å². The van der Waals surface area contributed by atoms with Gasteiger partial charge in [-0.15, -0.1) is 0 Å². The van der Waals surface area contributed by atoms with Gasteiger partial charge in [0.05, 0.1) is 0 Å². The van der Waals surface area contributed by atoms with Crippen LogP contribution in [-0.4, -0.2) is 86.6 Å². The molecule has 0 unspecified atom stereocenters. The Kier molecular flexibility index (Phi) is 103. The summed E-state index contributed by atoms with van der Waals surface area (Å²) in [4.78, 5) is 0. The monoisotopic (exact) mass is 242 g/mol. The van der Waals surface area contributed by atoms with E-state index in [2.05, 4.69) is 0 Å². The summed E-state index contributed by atoms with van der Waals surface area (Å²) in [5, 5.41) is 0. The zero-order valence-electron chi connectivity index (χ0n) is 2.23. The molecule has 0 fully saturated rings. The Morgan fingerprint density at radius 1 is 0.750 bits per heavy atom. The molecule has 0 aliphatic rings. The second-order valence-electron chi connectivity index (χ2n) is 0. The van der Waals surface area contributed by atoms with Crippen molar-refractivity contribution < 1.29 is 0 Å². The zero-order valence-corrected chi connectivity index (χ0v) is 10.5. The average molecular weight is 242 g/mol. The van der Waals surface area contributed by atoms with Crippen molar-refractivity contribution in [1.29, 1.82) is 0 Å². The first-order chi connectivity index (χ1) is 0. The molecule has 0 N–H and O–H groups in total. The first-order valence-electron chi connectivity index (χ1n) is 0. The third-order valence-corrected chi connectivity index (χ3v) is 0. The van der Waals surface area contributed by atoms with Crippen molar-refractivity contribution in [3.8, 4) is 0 Å². The van der Waals surface area contributed by atoms with Crippen molar-refractivity contribution in [3.05, 3.63) is 0 Å². The van der Waals surface area contributed by atoms with Gasteiger partial charge < -0.3 is 27.0 Å². The van der Waals surface area contributed by atoms with E-state index in [9.17, 15) is 0 Å². The average Bonchev–Trinajstić information content (AvgIpc) is 0. The molecule has 0 bridgehead atoms. The number of rotatable bonds is 0. The fourth-order valence-electron chi connectivity index (χ4n) is 0. The van der Waals surface area contributed by atoms with E-state index < -0.39 is 0 Å². The fourth-order valence-corrected chi connectivity index (χ4v) is 0. The van der Waals surface area contributed by atoms with Gasteiger partial charge in [0.15, 0.2) is 0 Å². The van der Waals surface area contributed by atoms with Crippen LogP contribution >= 0.6 is 0 Å². The van der Waals surface area contributed by atoms with E-state index >= 15 is 0 Å².